The monoisotopic (exact) mass is 285 g/mol. The van der Waals surface area contributed by atoms with Crippen molar-refractivity contribution in [2.24, 2.45) is 5.92 Å². The third-order valence-corrected chi connectivity index (χ3v) is 3.30. The average molecular weight is 286 g/mol. The normalized spacial score (nSPS) is 12.6. The van der Waals surface area contributed by atoms with Crippen molar-refractivity contribution in [2.75, 3.05) is 20.3 Å². The van der Waals surface area contributed by atoms with Crippen LogP contribution in [0.3, 0.4) is 0 Å². The Morgan fingerprint density at radius 2 is 1.63 bits per heavy atom. The quantitative estimate of drug-likeness (QED) is 0.820. The Hall–Kier alpha value is -0.930. The molecule has 0 radical (unpaired) electrons. The van der Waals surface area contributed by atoms with Crippen LogP contribution < -0.4 is 14.8 Å². The maximum atomic E-state index is 6.38. The fourth-order valence-corrected chi connectivity index (χ4v) is 2.44. The summed E-state index contributed by atoms with van der Waals surface area (Å²) < 4.78 is 11.2. The van der Waals surface area contributed by atoms with Crippen LogP contribution in [0.5, 0.6) is 11.5 Å². The van der Waals surface area contributed by atoms with E-state index in [1.807, 2.05) is 33.0 Å². The molecule has 0 aromatic heterocycles. The molecule has 4 heteroatoms. The average Bonchev–Trinajstić information content (AvgIpc) is 2.35. The summed E-state index contributed by atoms with van der Waals surface area (Å²) in [5.41, 5.74) is 1.05. The van der Waals surface area contributed by atoms with Crippen LogP contribution in [0.25, 0.3) is 0 Å². The van der Waals surface area contributed by atoms with E-state index in [0.717, 1.165) is 11.3 Å². The summed E-state index contributed by atoms with van der Waals surface area (Å²) in [7, 11) is 1.94. The highest BCUT2D eigenvalue weighted by Crippen LogP contribution is 2.38. The van der Waals surface area contributed by atoms with E-state index >= 15 is 0 Å². The summed E-state index contributed by atoms with van der Waals surface area (Å²) in [4.78, 5) is 0. The van der Waals surface area contributed by atoms with Crippen molar-refractivity contribution in [1.29, 1.82) is 0 Å². The molecule has 0 amide bonds. The second-order valence-corrected chi connectivity index (χ2v) is 5.10. The molecule has 0 aliphatic carbocycles. The van der Waals surface area contributed by atoms with Crippen LogP contribution >= 0.6 is 11.6 Å². The minimum absolute atomic E-state index is 0.197. The molecule has 108 valence electrons. The molecular weight excluding hydrogens is 262 g/mol. The van der Waals surface area contributed by atoms with E-state index in [9.17, 15) is 0 Å². The molecule has 0 aliphatic heterocycles. The summed E-state index contributed by atoms with van der Waals surface area (Å²) in [5, 5.41) is 4.01. The summed E-state index contributed by atoms with van der Waals surface area (Å²) in [6, 6.07) is 4.03. The first-order valence-electron chi connectivity index (χ1n) is 6.81. The Labute approximate surface area is 121 Å². The van der Waals surface area contributed by atoms with E-state index in [0.29, 0.717) is 29.9 Å². The van der Waals surface area contributed by atoms with Gasteiger partial charge in [0, 0.05) is 17.1 Å². The van der Waals surface area contributed by atoms with Gasteiger partial charge in [-0.2, -0.15) is 0 Å². The predicted octanol–water partition coefficient (Wildman–Crippen LogP) is 4.05. The number of rotatable bonds is 7. The molecule has 0 heterocycles. The van der Waals surface area contributed by atoms with Gasteiger partial charge in [-0.25, -0.2) is 0 Å². The number of halogens is 1. The van der Waals surface area contributed by atoms with Crippen LogP contribution in [0.1, 0.15) is 39.3 Å². The van der Waals surface area contributed by atoms with E-state index in [2.05, 4.69) is 19.2 Å². The molecule has 1 rings (SSSR count). The minimum Gasteiger partial charge on any atom is -0.490 e. The molecule has 1 unspecified atom stereocenters. The van der Waals surface area contributed by atoms with Gasteiger partial charge in [0.05, 0.1) is 13.2 Å². The van der Waals surface area contributed by atoms with Crippen LogP contribution in [0.2, 0.25) is 5.02 Å². The van der Waals surface area contributed by atoms with Crippen LogP contribution in [0, 0.1) is 5.92 Å². The maximum Gasteiger partial charge on any atom is 0.162 e. The van der Waals surface area contributed by atoms with Crippen molar-refractivity contribution < 1.29 is 9.47 Å². The van der Waals surface area contributed by atoms with E-state index < -0.39 is 0 Å². The molecule has 0 spiro atoms. The number of hydrogen-bond acceptors (Lipinski definition) is 3. The van der Waals surface area contributed by atoms with Crippen molar-refractivity contribution in [1.82, 2.24) is 5.32 Å². The molecule has 1 aromatic carbocycles. The standard InChI is InChI=1S/C15H24ClNO2/c1-6-18-13-8-11(15(17-5)10(3)4)12(16)9-14(13)19-7-2/h8-10,15,17H,6-7H2,1-5H3. The number of nitrogens with one attached hydrogen (secondary N) is 1. The van der Waals surface area contributed by atoms with E-state index in [1.54, 1.807) is 0 Å². The molecular formula is C15H24ClNO2. The second-order valence-electron chi connectivity index (χ2n) is 4.70. The molecule has 0 aliphatic rings. The topological polar surface area (TPSA) is 30.5 Å². The molecule has 3 nitrogen and oxygen atoms in total. The third kappa shape index (κ3) is 4.02. The van der Waals surface area contributed by atoms with Crippen molar-refractivity contribution in [3.05, 3.63) is 22.7 Å². The Morgan fingerprint density at radius 1 is 1.11 bits per heavy atom. The van der Waals surface area contributed by atoms with Crippen molar-refractivity contribution in [3.63, 3.8) is 0 Å². The zero-order valence-electron chi connectivity index (χ0n) is 12.4. The van der Waals surface area contributed by atoms with Crippen LogP contribution in [-0.4, -0.2) is 20.3 Å². The van der Waals surface area contributed by atoms with Gasteiger partial charge in [-0.15, -0.1) is 0 Å². The van der Waals surface area contributed by atoms with Gasteiger partial charge < -0.3 is 14.8 Å². The predicted molar refractivity (Wildman–Crippen MR) is 80.4 cm³/mol. The summed E-state index contributed by atoms with van der Waals surface area (Å²) in [6.07, 6.45) is 0. The van der Waals surface area contributed by atoms with E-state index in [-0.39, 0.29) is 6.04 Å². The Kier molecular flexibility index (Phi) is 6.46. The zero-order chi connectivity index (χ0) is 14.4. The molecule has 0 bridgehead atoms. The van der Waals surface area contributed by atoms with Gasteiger partial charge in [-0.1, -0.05) is 25.4 Å². The molecule has 0 saturated heterocycles. The second kappa shape index (κ2) is 7.61. The zero-order valence-corrected chi connectivity index (χ0v) is 13.2. The van der Waals surface area contributed by atoms with Gasteiger partial charge in [-0.3, -0.25) is 0 Å². The van der Waals surface area contributed by atoms with Gasteiger partial charge in [-0.05, 0) is 38.4 Å². The first-order valence-corrected chi connectivity index (χ1v) is 7.19. The van der Waals surface area contributed by atoms with Gasteiger partial charge in [0.1, 0.15) is 0 Å². The van der Waals surface area contributed by atoms with Crippen LogP contribution in [0.15, 0.2) is 12.1 Å². The minimum atomic E-state index is 0.197. The highest BCUT2D eigenvalue weighted by atomic mass is 35.5. The lowest BCUT2D eigenvalue weighted by Gasteiger charge is -2.23. The Morgan fingerprint density at radius 3 is 2.05 bits per heavy atom. The third-order valence-electron chi connectivity index (χ3n) is 2.98. The van der Waals surface area contributed by atoms with Gasteiger partial charge >= 0.3 is 0 Å². The lowest BCUT2D eigenvalue weighted by molar-refractivity contribution is 0.286. The fourth-order valence-electron chi connectivity index (χ4n) is 2.17. The van der Waals surface area contributed by atoms with Crippen molar-refractivity contribution in [3.8, 4) is 11.5 Å². The molecule has 0 saturated carbocycles. The lowest BCUT2D eigenvalue weighted by atomic mass is 9.96. The molecule has 0 fully saturated rings. The van der Waals surface area contributed by atoms with Crippen molar-refractivity contribution >= 4 is 11.6 Å². The molecule has 1 N–H and O–H groups in total. The van der Waals surface area contributed by atoms with E-state index in [4.69, 9.17) is 21.1 Å². The SMILES string of the molecule is CCOc1cc(Cl)c(C(NC)C(C)C)cc1OCC. The number of benzene rings is 1. The van der Waals surface area contributed by atoms with Crippen molar-refractivity contribution in [2.45, 2.75) is 33.7 Å². The van der Waals surface area contributed by atoms with Gasteiger partial charge in [0.15, 0.2) is 11.5 Å². The highest BCUT2D eigenvalue weighted by Gasteiger charge is 2.20. The lowest BCUT2D eigenvalue weighted by Crippen LogP contribution is -2.22. The fraction of sp³-hybridized carbons (Fsp3) is 0.600. The Bertz CT molecular complexity index is 407. The first kappa shape index (κ1) is 16.1. The van der Waals surface area contributed by atoms with Crippen LogP contribution in [-0.2, 0) is 0 Å². The Balaban J connectivity index is 3.22. The molecule has 1 aromatic rings. The summed E-state index contributed by atoms with van der Waals surface area (Å²) >= 11 is 6.38. The van der Waals surface area contributed by atoms with E-state index in [1.165, 1.54) is 0 Å². The van der Waals surface area contributed by atoms with Gasteiger partial charge in [0.25, 0.3) is 0 Å². The number of hydrogen-bond donors (Lipinski definition) is 1. The highest BCUT2D eigenvalue weighted by molar-refractivity contribution is 6.31. The largest absolute Gasteiger partial charge is 0.490 e. The van der Waals surface area contributed by atoms with Crippen LogP contribution in [0.4, 0.5) is 0 Å². The molecule has 19 heavy (non-hydrogen) atoms. The smallest absolute Gasteiger partial charge is 0.162 e. The first-order chi connectivity index (χ1) is 9.04. The maximum absolute atomic E-state index is 6.38. The summed E-state index contributed by atoms with van der Waals surface area (Å²) in [5.74, 6) is 1.90. The number of ether oxygens (including phenoxy) is 2. The molecule has 1 atom stereocenters. The summed E-state index contributed by atoms with van der Waals surface area (Å²) in [6.45, 7) is 9.43. The van der Waals surface area contributed by atoms with Gasteiger partial charge in [0.2, 0.25) is 0 Å².